The number of likely N-dealkylation sites (tertiary alicyclic amines) is 1. The maximum atomic E-state index is 12.4. The first-order valence-electron chi connectivity index (χ1n) is 7.40. The number of para-hydroxylation sites is 1. The van der Waals surface area contributed by atoms with Crippen molar-refractivity contribution >= 4 is 28.5 Å². The predicted octanol–water partition coefficient (Wildman–Crippen LogP) is 3.05. The lowest BCUT2D eigenvalue weighted by molar-refractivity contribution is -0.119. The minimum absolute atomic E-state index is 0.220. The number of carbonyl (C=O) groups excluding carboxylic acids is 2. The Hall–Kier alpha value is -2.41. The Morgan fingerprint density at radius 3 is 2.83 bits per heavy atom. The van der Waals surface area contributed by atoms with E-state index >= 15 is 0 Å². The molecule has 1 aliphatic rings. The molecule has 1 N–H and O–H groups in total. The smallest absolute Gasteiger partial charge is 0.410 e. The Bertz CT molecular complexity index is 702. The molecule has 7 heteroatoms. The first-order chi connectivity index (χ1) is 11.1. The van der Waals surface area contributed by atoms with Gasteiger partial charge in [0.25, 0.3) is 0 Å². The van der Waals surface area contributed by atoms with Crippen LogP contribution in [-0.2, 0) is 4.79 Å². The van der Waals surface area contributed by atoms with Gasteiger partial charge < -0.3 is 10.1 Å². The number of nitrogens with zero attached hydrogens (tertiary/aromatic N) is 2. The number of rotatable bonds is 3. The fourth-order valence-corrected chi connectivity index (χ4v) is 3.20. The molecule has 0 saturated carbocycles. The Morgan fingerprint density at radius 1 is 1.35 bits per heavy atom. The van der Waals surface area contributed by atoms with Gasteiger partial charge in [0.1, 0.15) is 11.8 Å². The van der Waals surface area contributed by atoms with Gasteiger partial charge in [-0.25, -0.2) is 9.78 Å². The van der Waals surface area contributed by atoms with E-state index in [0.29, 0.717) is 23.8 Å². The van der Waals surface area contributed by atoms with E-state index in [4.69, 9.17) is 4.74 Å². The molecule has 0 bridgehead atoms. The highest BCUT2D eigenvalue weighted by atomic mass is 32.1. The van der Waals surface area contributed by atoms with Crippen molar-refractivity contribution in [3.05, 3.63) is 41.4 Å². The summed E-state index contributed by atoms with van der Waals surface area (Å²) in [4.78, 5) is 30.4. The van der Waals surface area contributed by atoms with Crippen molar-refractivity contribution in [2.45, 2.75) is 25.8 Å². The summed E-state index contributed by atoms with van der Waals surface area (Å²) in [6, 6.07) is 8.33. The van der Waals surface area contributed by atoms with Crippen LogP contribution in [0.25, 0.3) is 0 Å². The number of hydrogen-bond acceptors (Lipinski definition) is 5. The maximum Gasteiger partial charge on any atom is 0.415 e. The van der Waals surface area contributed by atoms with Crippen LogP contribution in [-0.4, -0.2) is 34.5 Å². The molecular formula is C16H17N3O3S. The van der Waals surface area contributed by atoms with Gasteiger partial charge in [-0.1, -0.05) is 18.2 Å². The van der Waals surface area contributed by atoms with Crippen LogP contribution in [0.2, 0.25) is 0 Å². The fraction of sp³-hybridized carbons (Fsp3) is 0.312. The van der Waals surface area contributed by atoms with Crippen molar-refractivity contribution in [1.82, 2.24) is 9.88 Å². The second-order valence-electron chi connectivity index (χ2n) is 5.32. The lowest BCUT2D eigenvalue weighted by atomic mass is 10.2. The Labute approximate surface area is 138 Å². The van der Waals surface area contributed by atoms with Crippen LogP contribution in [0.1, 0.15) is 18.5 Å². The van der Waals surface area contributed by atoms with Gasteiger partial charge in [0, 0.05) is 11.9 Å². The summed E-state index contributed by atoms with van der Waals surface area (Å²) in [5.41, 5.74) is 0.858. The molecule has 3 rings (SSSR count). The lowest BCUT2D eigenvalue weighted by Gasteiger charge is -2.22. The van der Waals surface area contributed by atoms with Gasteiger partial charge in [0.05, 0.1) is 5.69 Å². The van der Waals surface area contributed by atoms with Crippen LogP contribution in [0.3, 0.4) is 0 Å². The van der Waals surface area contributed by atoms with Crippen LogP contribution < -0.4 is 10.1 Å². The molecule has 0 unspecified atom stereocenters. The van der Waals surface area contributed by atoms with Crippen LogP contribution in [0.5, 0.6) is 5.75 Å². The number of aryl methyl sites for hydroxylation is 1. The number of benzene rings is 1. The fourth-order valence-electron chi connectivity index (χ4n) is 2.51. The topological polar surface area (TPSA) is 71.5 Å². The average molecular weight is 331 g/mol. The van der Waals surface area contributed by atoms with Crippen molar-refractivity contribution in [3.63, 3.8) is 0 Å². The summed E-state index contributed by atoms with van der Waals surface area (Å²) >= 11 is 1.37. The molecule has 1 aliphatic heterocycles. The van der Waals surface area contributed by atoms with Gasteiger partial charge >= 0.3 is 6.09 Å². The molecule has 6 nitrogen and oxygen atoms in total. The number of nitrogens with one attached hydrogen (secondary N) is 1. The van der Waals surface area contributed by atoms with E-state index in [-0.39, 0.29) is 5.91 Å². The third kappa shape index (κ3) is 3.68. The van der Waals surface area contributed by atoms with Crippen molar-refractivity contribution in [3.8, 4) is 5.75 Å². The van der Waals surface area contributed by atoms with Crippen molar-refractivity contribution < 1.29 is 14.3 Å². The summed E-state index contributed by atoms with van der Waals surface area (Å²) in [7, 11) is 0. The van der Waals surface area contributed by atoms with Crippen LogP contribution in [0.4, 0.5) is 9.93 Å². The zero-order chi connectivity index (χ0) is 16.2. The highest BCUT2D eigenvalue weighted by Crippen LogP contribution is 2.22. The quantitative estimate of drug-likeness (QED) is 0.938. The summed E-state index contributed by atoms with van der Waals surface area (Å²) in [6.45, 7) is 2.38. The van der Waals surface area contributed by atoms with Gasteiger partial charge in [-0.3, -0.25) is 9.69 Å². The molecule has 1 atom stereocenters. The number of amides is 2. The number of aromatic nitrogens is 1. The summed E-state index contributed by atoms with van der Waals surface area (Å²) in [6.07, 6.45) is 0.906. The van der Waals surface area contributed by atoms with E-state index in [1.165, 1.54) is 16.2 Å². The molecule has 0 spiro atoms. The largest absolute Gasteiger partial charge is 0.415 e. The molecule has 120 valence electrons. The summed E-state index contributed by atoms with van der Waals surface area (Å²) in [5.74, 6) is 0.251. The zero-order valence-electron chi connectivity index (χ0n) is 12.7. The molecular weight excluding hydrogens is 314 g/mol. The van der Waals surface area contributed by atoms with E-state index in [1.807, 2.05) is 18.4 Å². The monoisotopic (exact) mass is 331 g/mol. The second kappa shape index (κ2) is 6.78. The minimum atomic E-state index is -0.518. The molecule has 2 heterocycles. The van der Waals surface area contributed by atoms with Crippen molar-refractivity contribution in [1.29, 1.82) is 0 Å². The van der Waals surface area contributed by atoms with Crippen molar-refractivity contribution in [2.75, 3.05) is 11.9 Å². The highest BCUT2D eigenvalue weighted by Gasteiger charge is 2.35. The molecule has 1 aromatic heterocycles. The molecule has 1 saturated heterocycles. The molecule has 1 aromatic carbocycles. The number of ether oxygens (including phenoxy) is 1. The molecule has 0 radical (unpaired) electrons. The molecule has 0 aliphatic carbocycles. The van der Waals surface area contributed by atoms with Gasteiger partial charge in [-0.05, 0) is 31.9 Å². The van der Waals surface area contributed by atoms with E-state index in [9.17, 15) is 9.59 Å². The molecule has 2 aromatic rings. The van der Waals surface area contributed by atoms with E-state index < -0.39 is 12.1 Å². The van der Waals surface area contributed by atoms with Crippen LogP contribution in [0, 0.1) is 6.92 Å². The highest BCUT2D eigenvalue weighted by molar-refractivity contribution is 7.13. The van der Waals surface area contributed by atoms with Gasteiger partial charge in [0.2, 0.25) is 5.91 Å². The number of carbonyl (C=O) groups is 2. The van der Waals surface area contributed by atoms with E-state index in [2.05, 4.69) is 10.3 Å². The third-order valence-electron chi connectivity index (χ3n) is 3.59. The number of hydrogen-bond donors (Lipinski definition) is 1. The number of thiazole rings is 1. The first kappa shape index (κ1) is 15.5. The first-order valence-corrected chi connectivity index (χ1v) is 8.28. The summed E-state index contributed by atoms with van der Waals surface area (Å²) in [5, 5.41) is 5.19. The predicted molar refractivity (Wildman–Crippen MR) is 87.7 cm³/mol. The second-order valence-corrected chi connectivity index (χ2v) is 6.17. The average Bonchev–Trinajstić information content (AvgIpc) is 3.17. The number of anilines is 1. The van der Waals surface area contributed by atoms with E-state index in [0.717, 1.165) is 12.1 Å². The van der Waals surface area contributed by atoms with E-state index in [1.54, 1.807) is 24.3 Å². The standard InChI is InChI=1S/C16H17N3O3S/c1-11-10-23-15(17-11)18-14(20)13-8-5-9-19(13)16(21)22-12-6-3-2-4-7-12/h2-4,6-7,10,13H,5,8-9H2,1H3,(H,17,18,20)/t13-/m1/s1. The van der Waals surface area contributed by atoms with Gasteiger partial charge in [-0.2, -0.15) is 0 Å². The van der Waals surface area contributed by atoms with Crippen LogP contribution in [0.15, 0.2) is 35.7 Å². The van der Waals surface area contributed by atoms with Gasteiger partial charge in [0.15, 0.2) is 5.13 Å². The minimum Gasteiger partial charge on any atom is -0.410 e. The summed E-state index contributed by atoms with van der Waals surface area (Å²) < 4.78 is 5.33. The normalized spacial score (nSPS) is 17.1. The molecule has 2 amide bonds. The zero-order valence-corrected chi connectivity index (χ0v) is 13.5. The Balaban J connectivity index is 1.64. The Morgan fingerprint density at radius 2 is 2.13 bits per heavy atom. The molecule has 23 heavy (non-hydrogen) atoms. The van der Waals surface area contributed by atoms with Crippen LogP contribution >= 0.6 is 11.3 Å². The maximum absolute atomic E-state index is 12.4. The molecule has 1 fully saturated rings. The SMILES string of the molecule is Cc1csc(NC(=O)[C@H]2CCCN2C(=O)Oc2ccccc2)n1. The lowest BCUT2D eigenvalue weighted by Crippen LogP contribution is -2.44. The Kier molecular flexibility index (Phi) is 4.57. The van der Waals surface area contributed by atoms with Gasteiger partial charge in [-0.15, -0.1) is 11.3 Å². The van der Waals surface area contributed by atoms with Crippen molar-refractivity contribution in [2.24, 2.45) is 0 Å². The third-order valence-corrected chi connectivity index (χ3v) is 4.46.